The number of nitrogens with zero attached hydrogens (tertiary/aromatic N) is 1. The van der Waals surface area contributed by atoms with Crippen LogP contribution in [-0.2, 0) is 17.8 Å². The Balaban J connectivity index is 1.66. The van der Waals surface area contributed by atoms with Gasteiger partial charge in [-0.2, -0.15) is 0 Å². The molecule has 0 radical (unpaired) electrons. The van der Waals surface area contributed by atoms with Crippen LogP contribution in [0.3, 0.4) is 0 Å². The van der Waals surface area contributed by atoms with Crippen LogP contribution in [0, 0.1) is 11.8 Å². The third-order valence-corrected chi connectivity index (χ3v) is 4.83. The maximum absolute atomic E-state index is 11.5. The fourth-order valence-corrected chi connectivity index (χ4v) is 3.81. The van der Waals surface area contributed by atoms with Crippen molar-refractivity contribution in [2.75, 3.05) is 13.1 Å². The summed E-state index contributed by atoms with van der Waals surface area (Å²) in [5.74, 6) is 6.88. The smallest absolute Gasteiger partial charge is 0.238 e. The predicted octanol–water partition coefficient (Wildman–Crippen LogP) is 1.45. The van der Waals surface area contributed by atoms with Crippen LogP contribution in [0.4, 0.5) is 0 Å². The molecule has 0 spiro atoms. The number of nitrogens with two attached hydrogens (primary N) is 1. The standard InChI is InChI=1S/C16H23N3O/c17-18-16(20)8-12-4-1-2-5-13(12)9-19-10-14-6-3-7-15(14)11-19/h1-2,4-5,14-15H,3,6-11,17H2,(H,18,20). The van der Waals surface area contributed by atoms with Gasteiger partial charge in [0.2, 0.25) is 5.91 Å². The van der Waals surface area contributed by atoms with Crippen molar-refractivity contribution in [3.63, 3.8) is 0 Å². The minimum atomic E-state index is -0.129. The van der Waals surface area contributed by atoms with Gasteiger partial charge in [-0.05, 0) is 35.8 Å². The van der Waals surface area contributed by atoms with Gasteiger partial charge in [0.1, 0.15) is 0 Å². The third kappa shape index (κ3) is 2.86. The first-order chi connectivity index (χ1) is 9.76. The summed E-state index contributed by atoms with van der Waals surface area (Å²) in [6.45, 7) is 3.41. The molecule has 4 nitrogen and oxygen atoms in total. The summed E-state index contributed by atoms with van der Waals surface area (Å²) in [6.07, 6.45) is 4.58. The fourth-order valence-electron chi connectivity index (χ4n) is 3.81. The molecule has 0 bridgehead atoms. The lowest BCUT2D eigenvalue weighted by molar-refractivity contribution is -0.120. The second-order valence-electron chi connectivity index (χ2n) is 6.16. The molecule has 1 aliphatic carbocycles. The molecule has 3 N–H and O–H groups in total. The Bertz CT molecular complexity index is 476. The zero-order valence-corrected chi connectivity index (χ0v) is 11.8. The summed E-state index contributed by atoms with van der Waals surface area (Å²) in [7, 11) is 0. The quantitative estimate of drug-likeness (QED) is 0.496. The van der Waals surface area contributed by atoms with Gasteiger partial charge < -0.3 is 0 Å². The maximum Gasteiger partial charge on any atom is 0.238 e. The molecule has 20 heavy (non-hydrogen) atoms. The first kappa shape index (κ1) is 13.6. The summed E-state index contributed by atoms with van der Waals surface area (Å²) in [6, 6.07) is 8.20. The molecule has 1 heterocycles. The first-order valence-corrected chi connectivity index (χ1v) is 7.55. The van der Waals surface area contributed by atoms with Crippen molar-refractivity contribution in [2.24, 2.45) is 17.7 Å². The average molecular weight is 273 g/mol. The predicted molar refractivity (Wildman–Crippen MR) is 78.6 cm³/mol. The summed E-state index contributed by atoms with van der Waals surface area (Å²) in [5.41, 5.74) is 4.56. The Kier molecular flexibility index (Phi) is 4.03. The summed E-state index contributed by atoms with van der Waals surface area (Å²) >= 11 is 0. The molecule has 2 fully saturated rings. The third-order valence-electron chi connectivity index (χ3n) is 4.83. The van der Waals surface area contributed by atoms with Crippen molar-refractivity contribution in [2.45, 2.75) is 32.2 Å². The Labute approximate surface area is 120 Å². The van der Waals surface area contributed by atoms with Gasteiger partial charge >= 0.3 is 0 Å². The largest absolute Gasteiger partial charge is 0.299 e. The minimum absolute atomic E-state index is 0.129. The number of carbonyl (C=O) groups excluding carboxylic acids is 1. The molecule has 3 rings (SSSR count). The molecule has 1 saturated heterocycles. The van der Waals surface area contributed by atoms with Gasteiger partial charge in [-0.15, -0.1) is 0 Å². The molecule has 4 heteroatoms. The lowest BCUT2D eigenvalue weighted by atomic mass is 10.0. The van der Waals surface area contributed by atoms with E-state index in [-0.39, 0.29) is 5.91 Å². The van der Waals surface area contributed by atoms with Gasteiger partial charge in [-0.3, -0.25) is 15.1 Å². The van der Waals surface area contributed by atoms with E-state index in [2.05, 4.69) is 22.5 Å². The molecule has 1 aromatic rings. The van der Waals surface area contributed by atoms with E-state index in [1.165, 1.54) is 37.9 Å². The number of likely N-dealkylation sites (tertiary alicyclic amines) is 1. The van der Waals surface area contributed by atoms with Crippen molar-refractivity contribution >= 4 is 5.91 Å². The van der Waals surface area contributed by atoms with Crippen molar-refractivity contribution in [3.05, 3.63) is 35.4 Å². The van der Waals surface area contributed by atoms with Crippen LogP contribution >= 0.6 is 0 Å². The molecular weight excluding hydrogens is 250 g/mol. The SMILES string of the molecule is NNC(=O)Cc1ccccc1CN1CC2CCCC2C1. The van der Waals surface area contributed by atoms with E-state index in [9.17, 15) is 4.79 Å². The average Bonchev–Trinajstić information content (AvgIpc) is 3.01. The fraction of sp³-hybridized carbons (Fsp3) is 0.562. The highest BCUT2D eigenvalue weighted by atomic mass is 16.2. The van der Waals surface area contributed by atoms with Crippen LogP contribution < -0.4 is 11.3 Å². The molecule has 1 amide bonds. The molecular formula is C16H23N3O. The van der Waals surface area contributed by atoms with E-state index >= 15 is 0 Å². The molecule has 2 atom stereocenters. The molecule has 0 aromatic heterocycles. The molecule has 108 valence electrons. The van der Waals surface area contributed by atoms with Crippen LogP contribution in [0.1, 0.15) is 30.4 Å². The van der Waals surface area contributed by atoms with Gasteiger partial charge in [0, 0.05) is 19.6 Å². The van der Waals surface area contributed by atoms with E-state index < -0.39 is 0 Å². The molecule has 1 saturated carbocycles. The second kappa shape index (κ2) is 5.94. The number of hydrazine groups is 1. The second-order valence-corrected chi connectivity index (χ2v) is 6.16. The Morgan fingerprint density at radius 3 is 2.50 bits per heavy atom. The molecule has 1 aromatic carbocycles. The van der Waals surface area contributed by atoms with Gasteiger partial charge in [0.25, 0.3) is 0 Å². The lowest BCUT2D eigenvalue weighted by Crippen LogP contribution is -2.32. The van der Waals surface area contributed by atoms with Crippen molar-refractivity contribution in [3.8, 4) is 0 Å². The topological polar surface area (TPSA) is 58.4 Å². The number of fused-ring (bicyclic) bond motifs is 1. The highest BCUT2D eigenvalue weighted by Crippen LogP contribution is 2.38. The number of hydrogen-bond acceptors (Lipinski definition) is 3. The number of amides is 1. The normalized spacial score (nSPS) is 25.6. The maximum atomic E-state index is 11.5. The minimum Gasteiger partial charge on any atom is -0.299 e. The summed E-state index contributed by atoms with van der Waals surface area (Å²) in [4.78, 5) is 14.0. The van der Waals surface area contributed by atoms with Crippen LogP contribution in [0.2, 0.25) is 0 Å². The zero-order valence-electron chi connectivity index (χ0n) is 11.8. The Morgan fingerprint density at radius 2 is 1.85 bits per heavy atom. The van der Waals surface area contributed by atoms with E-state index in [0.717, 1.165) is 23.9 Å². The van der Waals surface area contributed by atoms with Gasteiger partial charge in [-0.25, -0.2) is 5.84 Å². The number of benzene rings is 1. The first-order valence-electron chi connectivity index (χ1n) is 7.55. The summed E-state index contributed by atoms with van der Waals surface area (Å²) < 4.78 is 0. The van der Waals surface area contributed by atoms with Gasteiger partial charge in [0.15, 0.2) is 0 Å². The highest BCUT2D eigenvalue weighted by molar-refractivity contribution is 5.78. The summed E-state index contributed by atoms with van der Waals surface area (Å²) in [5, 5.41) is 0. The van der Waals surface area contributed by atoms with Gasteiger partial charge in [-0.1, -0.05) is 30.7 Å². The van der Waals surface area contributed by atoms with Crippen LogP contribution in [0.25, 0.3) is 0 Å². The zero-order chi connectivity index (χ0) is 13.9. The Hall–Kier alpha value is -1.39. The van der Waals surface area contributed by atoms with Crippen LogP contribution in [0.15, 0.2) is 24.3 Å². The number of hydrogen-bond donors (Lipinski definition) is 2. The number of nitrogens with one attached hydrogen (secondary N) is 1. The van der Waals surface area contributed by atoms with E-state index in [1.807, 2.05) is 12.1 Å². The van der Waals surface area contributed by atoms with Crippen molar-refractivity contribution in [1.29, 1.82) is 0 Å². The van der Waals surface area contributed by atoms with Gasteiger partial charge in [0.05, 0.1) is 6.42 Å². The van der Waals surface area contributed by atoms with E-state index in [4.69, 9.17) is 5.84 Å². The van der Waals surface area contributed by atoms with E-state index in [0.29, 0.717) is 6.42 Å². The number of carbonyl (C=O) groups is 1. The highest BCUT2D eigenvalue weighted by Gasteiger charge is 2.35. The number of rotatable bonds is 4. The van der Waals surface area contributed by atoms with Crippen molar-refractivity contribution in [1.82, 2.24) is 10.3 Å². The van der Waals surface area contributed by atoms with E-state index in [1.54, 1.807) is 0 Å². The lowest BCUT2D eigenvalue weighted by Gasteiger charge is -2.19. The molecule has 1 aliphatic heterocycles. The van der Waals surface area contributed by atoms with Crippen LogP contribution in [0.5, 0.6) is 0 Å². The monoisotopic (exact) mass is 273 g/mol. The van der Waals surface area contributed by atoms with Crippen molar-refractivity contribution < 1.29 is 4.79 Å². The van der Waals surface area contributed by atoms with Crippen LogP contribution in [-0.4, -0.2) is 23.9 Å². The molecule has 2 unspecified atom stereocenters. The Morgan fingerprint density at radius 1 is 1.20 bits per heavy atom. The molecule has 2 aliphatic rings.